The summed E-state index contributed by atoms with van der Waals surface area (Å²) in [6, 6.07) is 9.61. The number of pyridine rings is 1. The van der Waals surface area contributed by atoms with Crippen LogP contribution in [0.5, 0.6) is 0 Å². The molecule has 4 fully saturated rings. The molecule has 1 aromatic carbocycles. The van der Waals surface area contributed by atoms with Crippen molar-refractivity contribution < 1.29 is 14.7 Å². The van der Waals surface area contributed by atoms with Crippen molar-refractivity contribution >= 4 is 32.2 Å². The molecular weight excluding hydrogens is 409 g/mol. The average Bonchev–Trinajstić information content (AvgIpc) is 2.69. The van der Waals surface area contributed by atoms with Crippen LogP contribution in [0.3, 0.4) is 0 Å². The van der Waals surface area contributed by atoms with Crippen molar-refractivity contribution in [2.75, 3.05) is 11.4 Å². The first-order valence-corrected chi connectivity index (χ1v) is 11.4. The number of rotatable bonds is 5. The van der Waals surface area contributed by atoms with E-state index < -0.39 is 11.6 Å². The highest BCUT2D eigenvalue weighted by atomic mass is 31.0. The molecule has 6 rings (SSSR count). The number of piperazine rings is 1. The van der Waals surface area contributed by atoms with Gasteiger partial charge in [-0.1, -0.05) is 31.2 Å². The van der Waals surface area contributed by atoms with Gasteiger partial charge in [0.05, 0.1) is 5.60 Å². The third kappa shape index (κ3) is 3.28. The van der Waals surface area contributed by atoms with Gasteiger partial charge in [0.1, 0.15) is 18.4 Å². The van der Waals surface area contributed by atoms with Gasteiger partial charge < -0.3 is 10.0 Å². The molecule has 2 amide bonds. The largest absolute Gasteiger partial charge is 0.390 e. The van der Waals surface area contributed by atoms with Crippen LogP contribution in [0.1, 0.15) is 42.9 Å². The van der Waals surface area contributed by atoms with E-state index in [0.29, 0.717) is 31.6 Å². The maximum atomic E-state index is 13.8. The van der Waals surface area contributed by atoms with Gasteiger partial charge in [-0.05, 0) is 55.4 Å². The summed E-state index contributed by atoms with van der Waals surface area (Å²) in [7, 11) is 2.63. The highest BCUT2D eigenvalue weighted by Gasteiger charge is 2.73. The van der Waals surface area contributed by atoms with Gasteiger partial charge in [0.15, 0.2) is 0 Å². The zero-order chi connectivity index (χ0) is 22.0. The lowest BCUT2D eigenvalue weighted by Gasteiger charge is -2.71. The highest BCUT2D eigenvalue weighted by molar-refractivity contribution is 7.28. The number of carbonyl (C=O) groups excluding carboxylic acids is 2. The van der Waals surface area contributed by atoms with E-state index in [-0.39, 0.29) is 23.8 Å². The lowest BCUT2D eigenvalue weighted by Crippen LogP contribution is -2.78. The van der Waals surface area contributed by atoms with Crippen LogP contribution in [0.2, 0.25) is 0 Å². The number of amides is 2. The number of nitrogens with zero attached hydrogens (tertiary/aromatic N) is 3. The fraction of sp³-hybridized carbons (Fsp3) is 0.458. The molecule has 1 N–H and O–H groups in total. The van der Waals surface area contributed by atoms with Crippen molar-refractivity contribution in [2.24, 2.45) is 5.41 Å². The Morgan fingerprint density at radius 3 is 2.39 bits per heavy atom. The number of anilines is 1. The lowest BCUT2D eigenvalue weighted by molar-refractivity contribution is -0.280. The maximum Gasteiger partial charge on any atom is 0.252 e. The van der Waals surface area contributed by atoms with Gasteiger partial charge >= 0.3 is 0 Å². The van der Waals surface area contributed by atoms with Gasteiger partial charge in [0.25, 0.3) is 5.91 Å². The van der Waals surface area contributed by atoms with Crippen molar-refractivity contribution in [3.8, 4) is 0 Å². The van der Waals surface area contributed by atoms with Crippen molar-refractivity contribution in [3.05, 3.63) is 53.2 Å². The van der Waals surface area contributed by atoms with Crippen LogP contribution in [0.4, 0.5) is 5.82 Å². The van der Waals surface area contributed by atoms with Crippen molar-refractivity contribution in [2.45, 2.75) is 57.7 Å². The van der Waals surface area contributed by atoms with Crippen LogP contribution >= 0.6 is 9.24 Å². The Balaban J connectivity index is 1.48. The highest BCUT2D eigenvalue weighted by Crippen LogP contribution is 2.70. The summed E-state index contributed by atoms with van der Waals surface area (Å²) >= 11 is 0. The Kier molecular flexibility index (Phi) is 4.72. The molecule has 3 aliphatic carbocycles. The standard InChI is InChI=1S/C24H28N3O3P/c1-3-16-4-6-17(7-5-16)10-26-19(28)11-27(21-18(31)8-15(2)9-25-21)22(29)20(26)23-12-24(30,13-23)14-23/h4-9,20,30H,3,10-14,31H2,1-2H3. The molecule has 2 bridgehead atoms. The number of aromatic nitrogens is 1. The number of benzene rings is 1. The molecule has 6 nitrogen and oxygen atoms in total. The molecule has 4 aliphatic rings. The average molecular weight is 437 g/mol. The number of aliphatic hydroxyl groups is 1. The second kappa shape index (κ2) is 7.11. The fourth-order valence-electron chi connectivity index (χ4n) is 5.67. The molecule has 1 aliphatic heterocycles. The predicted octanol–water partition coefficient (Wildman–Crippen LogP) is 2.11. The topological polar surface area (TPSA) is 73.7 Å². The van der Waals surface area contributed by atoms with Gasteiger partial charge in [-0.25, -0.2) is 4.98 Å². The smallest absolute Gasteiger partial charge is 0.252 e. The third-order valence-corrected chi connectivity index (χ3v) is 7.55. The van der Waals surface area contributed by atoms with Crippen LogP contribution in [0.25, 0.3) is 0 Å². The molecule has 0 radical (unpaired) electrons. The van der Waals surface area contributed by atoms with Crippen molar-refractivity contribution in [1.82, 2.24) is 9.88 Å². The van der Waals surface area contributed by atoms with E-state index >= 15 is 0 Å². The van der Waals surface area contributed by atoms with E-state index in [1.165, 1.54) is 10.5 Å². The number of hydrogen-bond donors (Lipinski definition) is 1. The molecule has 3 saturated carbocycles. The van der Waals surface area contributed by atoms with Crippen molar-refractivity contribution in [1.29, 1.82) is 0 Å². The number of carbonyl (C=O) groups is 2. The summed E-state index contributed by atoms with van der Waals surface area (Å²) in [5.41, 5.74) is 2.29. The second-order valence-electron chi connectivity index (χ2n) is 9.56. The fourth-order valence-corrected chi connectivity index (χ4v) is 6.16. The molecule has 1 aromatic heterocycles. The van der Waals surface area contributed by atoms with Gasteiger partial charge in [-0.15, -0.1) is 9.24 Å². The minimum atomic E-state index is -0.645. The maximum absolute atomic E-state index is 13.8. The summed E-state index contributed by atoms with van der Waals surface area (Å²) in [5, 5.41) is 11.2. The normalized spacial score (nSPS) is 29.6. The number of hydrogen-bond acceptors (Lipinski definition) is 4. The van der Waals surface area contributed by atoms with Crippen molar-refractivity contribution in [3.63, 3.8) is 0 Å². The van der Waals surface area contributed by atoms with Crippen LogP contribution in [-0.4, -0.2) is 45.0 Å². The summed E-state index contributed by atoms with van der Waals surface area (Å²) in [6.07, 6.45) is 4.43. The summed E-state index contributed by atoms with van der Waals surface area (Å²) in [5.74, 6) is 0.357. The van der Waals surface area contributed by atoms with Crippen LogP contribution in [0, 0.1) is 12.3 Å². The van der Waals surface area contributed by atoms with E-state index in [1.807, 2.05) is 25.1 Å². The molecule has 2 atom stereocenters. The Morgan fingerprint density at radius 2 is 1.81 bits per heavy atom. The van der Waals surface area contributed by atoms with Gasteiger partial charge in [-0.2, -0.15) is 0 Å². The predicted molar refractivity (Wildman–Crippen MR) is 122 cm³/mol. The van der Waals surface area contributed by atoms with Crippen LogP contribution in [0.15, 0.2) is 36.5 Å². The second-order valence-corrected chi connectivity index (χ2v) is 10.2. The summed E-state index contributed by atoms with van der Waals surface area (Å²) in [6.45, 7) is 4.45. The molecule has 31 heavy (non-hydrogen) atoms. The molecule has 1 saturated heterocycles. The third-order valence-electron chi connectivity index (χ3n) is 7.12. The van der Waals surface area contributed by atoms with Crippen LogP contribution in [-0.2, 0) is 22.6 Å². The Morgan fingerprint density at radius 1 is 1.16 bits per heavy atom. The first-order valence-electron chi connectivity index (χ1n) is 10.9. The first-order chi connectivity index (χ1) is 14.7. The van der Waals surface area contributed by atoms with Gasteiger partial charge in [0.2, 0.25) is 5.91 Å². The first kappa shape index (κ1) is 20.6. The van der Waals surface area contributed by atoms with E-state index in [4.69, 9.17) is 0 Å². The van der Waals surface area contributed by atoms with Gasteiger partial charge in [-0.3, -0.25) is 14.5 Å². The Hall–Kier alpha value is -2.30. The lowest BCUT2D eigenvalue weighted by atomic mass is 9.38. The molecule has 2 aromatic rings. The summed E-state index contributed by atoms with van der Waals surface area (Å²) < 4.78 is 0. The molecular formula is C24H28N3O3P. The van der Waals surface area contributed by atoms with Gasteiger partial charge in [0, 0.05) is 23.5 Å². The monoisotopic (exact) mass is 437 g/mol. The molecule has 0 spiro atoms. The molecule has 2 unspecified atom stereocenters. The molecule has 2 heterocycles. The van der Waals surface area contributed by atoms with E-state index in [1.54, 1.807) is 11.1 Å². The SMILES string of the molecule is CCc1ccc(CN2C(=O)CN(c3ncc(C)cc3P)C(=O)C2C23CC(O)(C2)C3)cc1. The Labute approximate surface area is 184 Å². The minimum Gasteiger partial charge on any atom is -0.390 e. The molecule has 7 heteroatoms. The van der Waals surface area contributed by atoms with E-state index in [0.717, 1.165) is 22.9 Å². The van der Waals surface area contributed by atoms with E-state index in [2.05, 4.69) is 33.3 Å². The van der Waals surface area contributed by atoms with Crippen LogP contribution < -0.4 is 10.2 Å². The zero-order valence-corrected chi connectivity index (χ0v) is 19.1. The Bertz CT molecular complexity index is 1050. The quantitative estimate of drug-likeness (QED) is 0.728. The zero-order valence-electron chi connectivity index (χ0n) is 18.0. The minimum absolute atomic E-state index is 0.0137. The van der Waals surface area contributed by atoms with E-state index in [9.17, 15) is 14.7 Å². The number of aryl methyl sites for hydroxylation is 2. The summed E-state index contributed by atoms with van der Waals surface area (Å²) in [4.78, 5) is 34.9. The molecule has 162 valence electrons.